The maximum absolute atomic E-state index is 13.4. The van der Waals surface area contributed by atoms with Crippen LogP contribution in [-0.2, 0) is 4.74 Å². The number of nitrogens with one attached hydrogen (secondary N) is 1. The molecular weight excluding hydrogens is 503 g/mol. The number of carbonyl (C=O) groups is 2. The molecule has 0 spiro atoms. The molecule has 4 aromatic rings. The van der Waals surface area contributed by atoms with E-state index >= 15 is 0 Å². The highest BCUT2D eigenvalue weighted by Gasteiger charge is 2.26. The minimum atomic E-state index is -0.884. The Morgan fingerprint density at radius 1 is 1.26 bits per heavy atom. The van der Waals surface area contributed by atoms with Crippen molar-refractivity contribution in [1.82, 2.24) is 9.78 Å². The van der Waals surface area contributed by atoms with Gasteiger partial charge >= 0.3 is 5.97 Å². The highest BCUT2D eigenvalue weighted by Crippen LogP contribution is 2.32. The van der Waals surface area contributed by atoms with Gasteiger partial charge in [-0.3, -0.25) is 19.7 Å². The van der Waals surface area contributed by atoms with Gasteiger partial charge in [-0.2, -0.15) is 9.78 Å². The summed E-state index contributed by atoms with van der Waals surface area (Å²) in [5.41, 5.74) is -1.54. The smallest absolute Gasteiger partial charge is 0.359 e. The summed E-state index contributed by atoms with van der Waals surface area (Å²) < 4.78 is 19.4. The van der Waals surface area contributed by atoms with E-state index in [0.717, 1.165) is 40.3 Å². The van der Waals surface area contributed by atoms with Gasteiger partial charge in [0.25, 0.3) is 17.2 Å². The molecule has 4 rings (SSSR count). The third-order valence-electron chi connectivity index (χ3n) is 4.82. The SMILES string of the molecule is CCOC(=O)c1nn(-c2ccc(F)cc2)c(=O)c2c(NC(=O)c3cc(Cl)ccc3[N+](=O)[O-])scc12. The molecule has 0 aliphatic heterocycles. The molecule has 0 aliphatic carbocycles. The highest BCUT2D eigenvalue weighted by molar-refractivity contribution is 7.16. The van der Waals surface area contributed by atoms with Crippen LogP contribution in [0.3, 0.4) is 0 Å². The molecule has 0 fully saturated rings. The molecule has 0 unspecified atom stereocenters. The summed E-state index contributed by atoms with van der Waals surface area (Å²) >= 11 is 6.83. The van der Waals surface area contributed by atoms with E-state index in [-0.39, 0.29) is 44.3 Å². The van der Waals surface area contributed by atoms with Crippen molar-refractivity contribution in [3.05, 3.63) is 90.4 Å². The predicted octanol–water partition coefficient (Wildman–Crippen LogP) is 4.58. The molecule has 0 saturated carbocycles. The Morgan fingerprint density at radius 3 is 2.63 bits per heavy atom. The van der Waals surface area contributed by atoms with Crippen LogP contribution >= 0.6 is 22.9 Å². The number of nitro groups is 1. The van der Waals surface area contributed by atoms with Crippen molar-refractivity contribution < 1.29 is 23.6 Å². The molecule has 0 radical (unpaired) electrons. The van der Waals surface area contributed by atoms with Crippen LogP contribution in [0.4, 0.5) is 15.1 Å². The molecule has 2 heterocycles. The van der Waals surface area contributed by atoms with Crippen molar-refractivity contribution in [3.63, 3.8) is 0 Å². The van der Waals surface area contributed by atoms with Gasteiger partial charge in [0.2, 0.25) is 0 Å². The van der Waals surface area contributed by atoms with Crippen molar-refractivity contribution in [2.75, 3.05) is 11.9 Å². The zero-order chi connectivity index (χ0) is 25.3. The van der Waals surface area contributed by atoms with Crippen molar-refractivity contribution in [3.8, 4) is 5.69 Å². The van der Waals surface area contributed by atoms with Crippen molar-refractivity contribution in [2.24, 2.45) is 0 Å². The number of hydrogen-bond donors (Lipinski definition) is 1. The molecule has 1 N–H and O–H groups in total. The fourth-order valence-corrected chi connectivity index (χ4v) is 4.37. The Morgan fingerprint density at radius 2 is 1.97 bits per heavy atom. The van der Waals surface area contributed by atoms with Crippen LogP contribution in [0.2, 0.25) is 5.02 Å². The van der Waals surface area contributed by atoms with Gasteiger partial charge in [0, 0.05) is 21.9 Å². The van der Waals surface area contributed by atoms with Crippen LogP contribution in [0.1, 0.15) is 27.8 Å². The van der Waals surface area contributed by atoms with E-state index in [1.165, 1.54) is 23.6 Å². The second kappa shape index (κ2) is 9.60. The van der Waals surface area contributed by atoms with Crippen molar-refractivity contribution in [1.29, 1.82) is 0 Å². The van der Waals surface area contributed by atoms with Crippen LogP contribution in [0.5, 0.6) is 0 Å². The Bertz CT molecular complexity index is 1550. The van der Waals surface area contributed by atoms with E-state index < -0.39 is 33.9 Å². The standard InChI is InChI=1S/C22H14ClFN4O6S/c1-2-34-22(31)18-15-10-35-20(25-19(29)14-9-11(23)3-8-16(14)28(32)33)17(15)21(30)27(26-18)13-6-4-12(24)5-7-13/h3-10H,2H2,1H3,(H,25,29). The van der Waals surface area contributed by atoms with Crippen LogP contribution < -0.4 is 10.9 Å². The van der Waals surface area contributed by atoms with E-state index in [1.54, 1.807) is 6.92 Å². The lowest BCUT2D eigenvalue weighted by atomic mass is 10.1. The molecule has 1 amide bonds. The first kappa shape index (κ1) is 24.0. The number of amides is 1. The number of anilines is 1. The minimum Gasteiger partial charge on any atom is -0.461 e. The van der Waals surface area contributed by atoms with Gasteiger partial charge in [0.1, 0.15) is 16.4 Å². The van der Waals surface area contributed by atoms with Crippen LogP contribution in [0.25, 0.3) is 16.5 Å². The van der Waals surface area contributed by atoms with E-state index in [0.29, 0.717) is 0 Å². The van der Waals surface area contributed by atoms with Crippen LogP contribution in [-0.4, -0.2) is 33.2 Å². The first-order chi connectivity index (χ1) is 16.7. The average Bonchev–Trinajstić information content (AvgIpc) is 3.24. The monoisotopic (exact) mass is 516 g/mol. The lowest BCUT2D eigenvalue weighted by Gasteiger charge is -2.10. The summed E-state index contributed by atoms with van der Waals surface area (Å²) in [5, 5.41) is 19.6. The number of esters is 1. The van der Waals surface area contributed by atoms with Gasteiger partial charge in [-0.15, -0.1) is 11.3 Å². The Labute approximate surface area is 204 Å². The Kier molecular flexibility index (Phi) is 6.58. The quantitative estimate of drug-likeness (QED) is 0.225. The third-order valence-corrected chi connectivity index (χ3v) is 5.95. The zero-order valence-corrected chi connectivity index (χ0v) is 19.4. The number of hydrogen-bond acceptors (Lipinski definition) is 8. The molecule has 178 valence electrons. The van der Waals surface area contributed by atoms with Crippen molar-refractivity contribution >= 4 is 56.3 Å². The molecule has 0 aliphatic rings. The Hall–Kier alpha value is -4.16. The van der Waals surface area contributed by atoms with E-state index in [4.69, 9.17) is 16.3 Å². The largest absolute Gasteiger partial charge is 0.461 e. The highest BCUT2D eigenvalue weighted by atomic mass is 35.5. The van der Waals surface area contributed by atoms with E-state index in [9.17, 15) is 28.9 Å². The molecule has 2 aromatic carbocycles. The summed E-state index contributed by atoms with van der Waals surface area (Å²) in [7, 11) is 0. The fraction of sp³-hybridized carbons (Fsp3) is 0.0909. The Balaban J connectivity index is 1.89. The topological polar surface area (TPSA) is 133 Å². The molecule has 0 saturated heterocycles. The maximum Gasteiger partial charge on any atom is 0.359 e. The van der Waals surface area contributed by atoms with Gasteiger partial charge in [-0.05, 0) is 43.3 Å². The second-order valence-electron chi connectivity index (χ2n) is 6.99. The van der Waals surface area contributed by atoms with Crippen LogP contribution in [0.15, 0.2) is 52.6 Å². The summed E-state index contributed by atoms with van der Waals surface area (Å²) in [4.78, 5) is 49.5. The molecule has 10 nitrogen and oxygen atoms in total. The lowest BCUT2D eigenvalue weighted by molar-refractivity contribution is -0.385. The number of benzene rings is 2. The summed E-state index contributed by atoms with van der Waals surface area (Å²) in [6, 6.07) is 8.32. The second-order valence-corrected chi connectivity index (χ2v) is 8.30. The number of thiophene rings is 1. The lowest BCUT2D eigenvalue weighted by Crippen LogP contribution is -2.25. The van der Waals surface area contributed by atoms with Gasteiger partial charge in [0.15, 0.2) is 5.69 Å². The number of halogens is 2. The number of aromatic nitrogens is 2. The van der Waals surface area contributed by atoms with Gasteiger partial charge in [0.05, 0.1) is 22.6 Å². The number of rotatable bonds is 6. The normalized spacial score (nSPS) is 10.8. The first-order valence-electron chi connectivity index (χ1n) is 9.94. The maximum atomic E-state index is 13.4. The summed E-state index contributed by atoms with van der Waals surface area (Å²) in [5.74, 6) is -2.24. The molecule has 0 atom stereocenters. The van der Waals surface area contributed by atoms with E-state index in [1.807, 2.05) is 0 Å². The summed E-state index contributed by atoms with van der Waals surface area (Å²) in [6.45, 7) is 1.64. The number of nitro benzene ring substituents is 1. The molecule has 0 bridgehead atoms. The van der Waals surface area contributed by atoms with Gasteiger partial charge in [-0.1, -0.05) is 11.6 Å². The van der Waals surface area contributed by atoms with Gasteiger partial charge in [-0.25, -0.2) is 9.18 Å². The molecule has 35 heavy (non-hydrogen) atoms. The zero-order valence-electron chi connectivity index (χ0n) is 17.8. The average molecular weight is 517 g/mol. The van der Waals surface area contributed by atoms with Crippen LogP contribution in [0, 0.1) is 15.9 Å². The van der Waals surface area contributed by atoms with E-state index in [2.05, 4.69) is 10.4 Å². The number of fused-ring (bicyclic) bond motifs is 1. The number of carbonyl (C=O) groups excluding carboxylic acids is 2. The third kappa shape index (κ3) is 4.61. The predicted molar refractivity (Wildman–Crippen MR) is 127 cm³/mol. The molecule has 13 heteroatoms. The number of ether oxygens (including phenoxy) is 1. The number of nitrogens with zero attached hydrogens (tertiary/aromatic N) is 3. The summed E-state index contributed by atoms with van der Waals surface area (Å²) in [6.07, 6.45) is 0. The molecule has 2 aromatic heterocycles. The fourth-order valence-electron chi connectivity index (χ4n) is 3.27. The van der Waals surface area contributed by atoms with Gasteiger partial charge < -0.3 is 10.1 Å². The molecular formula is C22H14ClFN4O6S. The first-order valence-corrected chi connectivity index (χ1v) is 11.2. The van der Waals surface area contributed by atoms with Crippen molar-refractivity contribution in [2.45, 2.75) is 6.92 Å². The minimum absolute atomic E-state index is 0.0214.